The molecule has 2 aromatic carbocycles. The number of hydrogen-bond acceptors (Lipinski definition) is 5. The van der Waals surface area contributed by atoms with E-state index in [1.54, 1.807) is 68.4 Å². The van der Waals surface area contributed by atoms with Crippen molar-refractivity contribution in [2.45, 2.75) is 38.9 Å². The van der Waals surface area contributed by atoms with Crippen molar-refractivity contribution in [3.63, 3.8) is 0 Å². The molecule has 0 heterocycles. The van der Waals surface area contributed by atoms with E-state index in [-0.39, 0.29) is 12.5 Å². The molecule has 0 aliphatic carbocycles. The first kappa shape index (κ1) is 26.2. The molecule has 3 amide bonds. The Labute approximate surface area is 198 Å². The lowest BCUT2D eigenvalue weighted by Gasteiger charge is -2.30. The van der Waals surface area contributed by atoms with Crippen molar-refractivity contribution in [1.29, 1.82) is 0 Å². The lowest BCUT2D eigenvalue weighted by Crippen LogP contribution is -2.54. The quantitative estimate of drug-likeness (QED) is 0.407. The highest BCUT2D eigenvalue weighted by Crippen LogP contribution is 2.12. The fraction of sp³-hybridized carbons (Fsp3) is 0.320. The van der Waals surface area contributed by atoms with E-state index in [0.29, 0.717) is 11.8 Å². The van der Waals surface area contributed by atoms with E-state index in [0.717, 1.165) is 5.56 Å². The third-order valence-corrected chi connectivity index (χ3v) is 5.08. The van der Waals surface area contributed by atoms with Crippen LogP contribution < -0.4 is 10.6 Å². The van der Waals surface area contributed by atoms with Crippen LogP contribution in [0.15, 0.2) is 60.7 Å². The zero-order valence-electron chi connectivity index (χ0n) is 19.1. The second-order valence-corrected chi connectivity index (χ2v) is 8.10. The average Bonchev–Trinajstić information content (AvgIpc) is 2.82. The van der Waals surface area contributed by atoms with Gasteiger partial charge in [-0.15, -0.1) is 0 Å². The summed E-state index contributed by atoms with van der Waals surface area (Å²) in [4.78, 5) is 62.1. The highest BCUT2D eigenvalue weighted by molar-refractivity contribution is 5.98. The standard InChI is InChI=1S/C25H29N3O6/c1-17(2)22(27-23(31)19-11-7-4-8-12-19)24(32)28(15-18-9-5-3-6-10-18)16-21(30)26-20(13-14-29)25(33)34/h3-12,14,17,20,22H,13,15-16H2,1-2H3,(H,26,30)(H,27,31)(H,33,34)/t20-,22-/m0/s1. The van der Waals surface area contributed by atoms with Gasteiger partial charge in [-0.3, -0.25) is 14.4 Å². The van der Waals surface area contributed by atoms with E-state index in [4.69, 9.17) is 0 Å². The molecule has 0 aliphatic heterocycles. The minimum absolute atomic E-state index is 0.0724. The van der Waals surface area contributed by atoms with Crippen LogP contribution in [0.5, 0.6) is 0 Å². The van der Waals surface area contributed by atoms with Gasteiger partial charge in [0, 0.05) is 18.5 Å². The number of carbonyl (C=O) groups is 5. The van der Waals surface area contributed by atoms with Crippen LogP contribution >= 0.6 is 0 Å². The number of carboxylic acids is 1. The molecule has 9 heteroatoms. The van der Waals surface area contributed by atoms with Crippen LogP contribution in [0.2, 0.25) is 0 Å². The molecule has 0 fully saturated rings. The number of nitrogens with zero attached hydrogens (tertiary/aromatic N) is 1. The van der Waals surface area contributed by atoms with E-state index in [1.807, 2.05) is 6.07 Å². The molecule has 0 saturated heterocycles. The minimum Gasteiger partial charge on any atom is -0.480 e. The molecule has 2 aromatic rings. The van der Waals surface area contributed by atoms with Gasteiger partial charge in [0.2, 0.25) is 11.8 Å². The summed E-state index contributed by atoms with van der Waals surface area (Å²) in [6.45, 7) is 3.18. The third-order valence-electron chi connectivity index (χ3n) is 5.08. The molecule has 180 valence electrons. The number of aldehydes is 1. The van der Waals surface area contributed by atoms with Gasteiger partial charge >= 0.3 is 5.97 Å². The monoisotopic (exact) mass is 467 g/mol. The van der Waals surface area contributed by atoms with Gasteiger partial charge in [0.1, 0.15) is 18.4 Å². The zero-order chi connectivity index (χ0) is 25.1. The van der Waals surface area contributed by atoms with Gasteiger partial charge in [-0.2, -0.15) is 0 Å². The van der Waals surface area contributed by atoms with Crippen molar-refractivity contribution in [3.05, 3.63) is 71.8 Å². The first-order valence-electron chi connectivity index (χ1n) is 10.9. The van der Waals surface area contributed by atoms with Crippen molar-refractivity contribution in [3.8, 4) is 0 Å². The fourth-order valence-electron chi connectivity index (χ4n) is 3.27. The van der Waals surface area contributed by atoms with Gasteiger partial charge in [0.05, 0.1) is 6.54 Å². The lowest BCUT2D eigenvalue weighted by molar-refractivity contribution is -0.144. The number of carboxylic acid groups (broad SMARTS) is 1. The van der Waals surface area contributed by atoms with Crippen LogP contribution in [0, 0.1) is 5.92 Å². The summed E-state index contributed by atoms with van der Waals surface area (Å²) in [5, 5.41) is 14.2. The summed E-state index contributed by atoms with van der Waals surface area (Å²) in [6, 6.07) is 15.1. The normalized spacial score (nSPS) is 12.3. The van der Waals surface area contributed by atoms with Gasteiger partial charge in [-0.05, 0) is 23.6 Å². The van der Waals surface area contributed by atoms with Crippen LogP contribution in [0.4, 0.5) is 0 Å². The smallest absolute Gasteiger partial charge is 0.326 e. The fourth-order valence-corrected chi connectivity index (χ4v) is 3.27. The van der Waals surface area contributed by atoms with E-state index < -0.39 is 48.7 Å². The van der Waals surface area contributed by atoms with Crippen LogP contribution in [-0.4, -0.2) is 58.6 Å². The number of aliphatic carboxylic acids is 1. The SMILES string of the molecule is CC(C)[C@H](NC(=O)c1ccccc1)C(=O)N(CC(=O)N[C@@H](CC=O)C(=O)O)Cc1ccccc1. The Morgan fingerprint density at radius 2 is 1.53 bits per heavy atom. The van der Waals surface area contributed by atoms with Crippen LogP contribution in [0.1, 0.15) is 36.2 Å². The maximum atomic E-state index is 13.5. The maximum Gasteiger partial charge on any atom is 0.326 e. The summed E-state index contributed by atoms with van der Waals surface area (Å²) in [5.74, 6) is -3.27. The molecule has 0 aromatic heterocycles. The summed E-state index contributed by atoms with van der Waals surface area (Å²) in [7, 11) is 0. The van der Waals surface area contributed by atoms with Crippen molar-refractivity contribution in [2.75, 3.05) is 6.54 Å². The zero-order valence-corrected chi connectivity index (χ0v) is 19.1. The van der Waals surface area contributed by atoms with Gasteiger partial charge < -0.3 is 25.4 Å². The molecule has 2 atom stereocenters. The Morgan fingerprint density at radius 1 is 0.941 bits per heavy atom. The number of hydrogen-bond donors (Lipinski definition) is 3. The Hall–Kier alpha value is -4.01. The van der Waals surface area contributed by atoms with Crippen LogP contribution in [0.3, 0.4) is 0 Å². The van der Waals surface area contributed by atoms with Gasteiger partial charge in [-0.1, -0.05) is 62.4 Å². The summed E-state index contributed by atoms with van der Waals surface area (Å²) >= 11 is 0. The predicted molar refractivity (Wildman–Crippen MR) is 125 cm³/mol. The predicted octanol–water partition coefficient (Wildman–Crippen LogP) is 1.63. The Kier molecular flexibility index (Phi) is 9.94. The van der Waals surface area contributed by atoms with Crippen molar-refractivity contribution in [2.24, 2.45) is 5.92 Å². The van der Waals surface area contributed by atoms with E-state index >= 15 is 0 Å². The highest BCUT2D eigenvalue weighted by atomic mass is 16.4. The van der Waals surface area contributed by atoms with Crippen molar-refractivity contribution in [1.82, 2.24) is 15.5 Å². The van der Waals surface area contributed by atoms with Gasteiger partial charge in [-0.25, -0.2) is 4.79 Å². The van der Waals surface area contributed by atoms with Gasteiger partial charge in [0.25, 0.3) is 5.91 Å². The first-order valence-corrected chi connectivity index (χ1v) is 10.9. The molecule has 0 bridgehead atoms. The molecule has 0 radical (unpaired) electrons. The molecule has 0 saturated carbocycles. The van der Waals surface area contributed by atoms with Gasteiger partial charge in [0.15, 0.2) is 0 Å². The van der Waals surface area contributed by atoms with Crippen LogP contribution in [0.25, 0.3) is 0 Å². The minimum atomic E-state index is -1.39. The van der Waals surface area contributed by atoms with Crippen molar-refractivity contribution >= 4 is 30.0 Å². The van der Waals surface area contributed by atoms with E-state index in [2.05, 4.69) is 10.6 Å². The van der Waals surface area contributed by atoms with E-state index in [1.165, 1.54) is 4.90 Å². The largest absolute Gasteiger partial charge is 0.480 e. The maximum absolute atomic E-state index is 13.5. The number of benzene rings is 2. The summed E-state index contributed by atoms with van der Waals surface area (Å²) in [6.07, 6.45) is 0.00925. The number of carbonyl (C=O) groups excluding carboxylic acids is 4. The summed E-state index contributed by atoms with van der Waals surface area (Å²) in [5.41, 5.74) is 1.15. The molecule has 9 nitrogen and oxygen atoms in total. The number of nitrogens with one attached hydrogen (secondary N) is 2. The lowest BCUT2D eigenvalue weighted by atomic mass is 10.0. The Balaban J connectivity index is 2.25. The number of amides is 3. The van der Waals surface area contributed by atoms with Crippen LogP contribution in [-0.2, 0) is 25.7 Å². The summed E-state index contributed by atoms with van der Waals surface area (Å²) < 4.78 is 0. The Morgan fingerprint density at radius 3 is 2.06 bits per heavy atom. The molecule has 0 unspecified atom stereocenters. The topological polar surface area (TPSA) is 133 Å². The molecular weight excluding hydrogens is 438 g/mol. The molecule has 2 rings (SSSR count). The second-order valence-electron chi connectivity index (χ2n) is 8.10. The Bertz CT molecular complexity index is 994. The third kappa shape index (κ3) is 7.84. The second kappa shape index (κ2) is 12.9. The molecule has 0 spiro atoms. The average molecular weight is 468 g/mol. The first-order chi connectivity index (χ1) is 16.2. The molecule has 34 heavy (non-hydrogen) atoms. The van der Waals surface area contributed by atoms with E-state index in [9.17, 15) is 29.1 Å². The van der Waals surface area contributed by atoms with Crippen molar-refractivity contribution < 1.29 is 29.1 Å². The molecular formula is C25H29N3O6. The highest BCUT2D eigenvalue weighted by Gasteiger charge is 2.31. The molecule has 3 N–H and O–H groups in total. The number of rotatable bonds is 12. The molecule has 0 aliphatic rings.